The van der Waals surface area contributed by atoms with E-state index in [1.807, 2.05) is 13.8 Å². The van der Waals surface area contributed by atoms with E-state index >= 15 is 0 Å². The van der Waals surface area contributed by atoms with Crippen LogP contribution < -0.4 is 0 Å². The molecule has 0 aliphatic carbocycles. The van der Waals surface area contributed by atoms with Gasteiger partial charge in [0.2, 0.25) is 0 Å². The van der Waals surface area contributed by atoms with Crippen molar-refractivity contribution in [3.05, 3.63) is 29.8 Å². The van der Waals surface area contributed by atoms with Crippen LogP contribution in [0.4, 0.5) is 0 Å². The van der Waals surface area contributed by atoms with E-state index in [1.165, 1.54) is 12.1 Å². The Morgan fingerprint density at radius 3 is 2.00 bits per heavy atom. The third kappa shape index (κ3) is 5.69. The van der Waals surface area contributed by atoms with Gasteiger partial charge in [0.15, 0.2) is 5.85 Å². The van der Waals surface area contributed by atoms with Crippen molar-refractivity contribution < 1.29 is 26.2 Å². The molecule has 0 heterocycles. The van der Waals surface area contributed by atoms with Gasteiger partial charge in [0, 0.05) is 0 Å². The third-order valence-corrected chi connectivity index (χ3v) is 6.84. The molecular weight excluding hydrogens is 339 g/mol. The zero-order valence-electron chi connectivity index (χ0n) is 14.0. The lowest BCUT2D eigenvalue weighted by atomic mass is 10.2. The summed E-state index contributed by atoms with van der Waals surface area (Å²) in [6.45, 7) is 7.33. The molecule has 8 heteroatoms. The van der Waals surface area contributed by atoms with Crippen molar-refractivity contribution in [3.63, 3.8) is 0 Å². The van der Waals surface area contributed by atoms with Crippen LogP contribution >= 0.6 is 7.60 Å². The monoisotopic (exact) mass is 364 g/mol. The Morgan fingerprint density at radius 2 is 1.57 bits per heavy atom. The molecule has 0 saturated heterocycles. The number of aryl methyl sites for hydroxylation is 1. The van der Waals surface area contributed by atoms with Gasteiger partial charge in [-0.2, -0.15) is 8.42 Å². The van der Waals surface area contributed by atoms with Gasteiger partial charge in [-0.05, 0) is 39.3 Å². The molecule has 1 aromatic rings. The number of hydrogen-bond acceptors (Lipinski definition) is 6. The highest BCUT2D eigenvalue weighted by Crippen LogP contribution is 2.55. The van der Waals surface area contributed by atoms with Crippen molar-refractivity contribution in [1.29, 1.82) is 0 Å². The SMILES string of the molecule is CCC[C@H](OS(=O)(=O)c1ccc(C)cc1)P(=O)(OCC)OCC. The summed E-state index contributed by atoms with van der Waals surface area (Å²) in [5.74, 6) is -1.15. The average molecular weight is 364 g/mol. The molecule has 0 fully saturated rings. The van der Waals surface area contributed by atoms with Crippen molar-refractivity contribution in [2.45, 2.75) is 51.3 Å². The van der Waals surface area contributed by atoms with Gasteiger partial charge in [-0.1, -0.05) is 31.0 Å². The fraction of sp³-hybridized carbons (Fsp3) is 0.600. The molecule has 0 bridgehead atoms. The van der Waals surface area contributed by atoms with Crippen molar-refractivity contribution in [3.8, 4) is 0 Å². The zero-order chi connectivity index (χ0) is 17.5. The Morgan fingerprint density at radius 1 is 1.04 bits per heavy atom. The second-order valence-electron chi connectivity index (χ2n) is 4.98. The van der Waals surface area contributed by atoms with E-state index in [0.717, 1.165) is 5.56 Å². The van der Waals surface area contributed by atoms with E-state index < -0.39 is 23.6 Å². The summed E-state index contributed by atoms with van der Waals surface area (Å²) >= 11 is 0. The predicted molar refractivity (Wildman–Crippen MR) is 89.0 cm³/mol. The molecule has 0 aliphatic heterocycles. The zero-order valence-corrected chi connectivity index (χ0v) is 15.7. The Labute approximate surface area is 138 Å². The second-order valence-corrected chi connectivity index (χ2v) is 8.73. The van der Waals surface area contributed by atoms with Gasteiger partial charge in [-0.3, -0.25) is 8.75 Å². The highest BCUT2D eigenvalue weighted by molar-refractivity contribution is 7.87. The summed E-state index contributed by atoms with van der Waals surface area (Å²) in [6.07, 6.45) is 0.834. The van der Waals surface area contributed by atoms with Crippen molar-refractivity contribution >= 4 is 17.7 Å². The summed E-state index contributed by atoms with van der Waals surface area (Å²) in [5, 5.41) is 0. The molecule has 0 amide bonds. The topological polar surface area (TPSA) is 78.9 Å². The predicted octanol–water partition coefficient (Wildman–Crippen LogP) is 4.09. The normalized spacial score (nSPS) is 13.9. The van der Waals surface area contributed by atoms with Crippen LogP contribution in [-0.2, 0) is 27.9 Å². The van der Waals surface area contributed by atoms with E-state index in [0.29, 0.717) is 6.42 Å². The van der Waals surface area contributed by atoms with Crippen LogP contribution in [0.15, 0.2) is 29.2 Å². The van der Waals surface area contributed by atoms with Crippen LogP contribution in [0.2, 0.25) is 0 Å². The quantitative estimate of drug-likeness (QED) is 0.459. The molecule has 0 unspecified atom stereocenters. The van der Waals surface area contributed by atoms with E-state index in [-0.39, 0.29) is 24.5 Å². The molecule has 0 aromatic heterocycles. The summed E-state index contributed by atoms with van der Waals surface area (Å²) < 4.78 is 53.4. The average Bonchev–Trinajstić information content (AvgIpc) is 2.47. The van der Waals surface area contributed by atoms with Gasteiger partial charge in [0.1, 0.15) is 0 Å². The van der Waals surface area contributed by atoms with Crippen molar-refractivity contribution in [2.24, 2.45) is 0 Å². The standard InChI is InChI=1S/C15H25O6PS/c1-5-8-15(22(16,19-6-2)20-7-3)21-23(17,18)14-11-9-13(4)10-12-14/h9-12,15H,5-8H2,1-4H3/t15-/m1/s1. The highest BCUT2D eigenvalue weighted by atomic mass is 32.2. The molecule has 23 heavy (non-hydrogen) atoms. The Kier molecular flexibility index (Phi) is 7.90. The highest BCUT2D eigenvalue weighted by Gasteiger charge is 2.39. The van der Waals surface area contributed by atoms with Gasteiger partial charge in [-0.15, -0.1) is 0 Å². The largest absolute Gasteiger partial charge is 0.360 e. The first-order valence-electron chi connectivity index (χ1n) is 7.67. The van der Waals surface area contributed by atoms with E-state index in [9.17, 15) is 13.0 Å². The summed E-state index contributed by atoms with van der Waals surface area (Å²) in [4.78, 5) is 0.0174. The molecule has 0 saturated carbocycles. The number of hydrogen-bond donors (Lipinski definition) is 0. The van der Waals surface area contributed by atoms with Gasteiger partial charge < -0.3 is 9.05 Å². The fourth-order valence-electron chi connectivity index (χ4n) is 1.98. The van der Waals surface area contributed by atoms with Gasteiger partial charge in [0.25, 0.3) is 10.1 Å². The molecule has 0 spiro atoms. The molecule has 0 radical (unpaired) electrons. The van der Waals surface area contributed by atoms with E-state index in [4.69, 9.17) is 13.2 Å². The molecule has 1 atom stereocenters. The molecular formula is C15H25O6PS. The first-order chi connectivity index (χ1) is 10.8. The number of rotatable bonds is 10. The first kappa shape index (κ1) is 20.3. The third-order valence-electron chi connectivity index (χ3n) is 3.05. The lowest BCUT2D eigenvalue weighted by molar-refractivity contribution is 0.159. The fourth-order valence-corrected chi connectivity index (χ4v) is 5.41. The molecule has 132 valence electrons. The molecule has 1 aromatic carbocycles. The summed E-state index contributed by atoms with van der Waals surface area (Å²) in [5.41, 5.74) is 0.934. The second kappa shape index (κ2) is 8.94. The van der Waals surface area contributed by atoms with Crippen LogP contribution in [0.25, 0.3) is 0 Å². The van der Waals surface area contributed by atoms with E-state index in [1.54, 1.807) is 26.0 Å². The first-order valence-corrected chi connectivity index (χ1v) is 10.7. The lowest BCUT2D eigenvalue weighted by Crippen LogP contribution is -2.21. The maximum atomic E-state index is 12.8. The van der Waals surface area contributed by atoms with Crippen LogP contribution in [-0.4, -0.2) is 27.5 Å². The summed E-state index contributed by atoms with van der Waals surface area (Å²) in [7, 11) is -7.72. The van der Waals surface area contributed by atoms with Crippen LogP contribution in [0, 0.1) is 6.92 Å². The summed E-state index contributed by atoms with van der Waals surface area (Å²) in [6, 6.07) is 6.27. The van der Waals surface area contributed by atoms with Gasteiger partial charge in [0.05, 0.1) is 18.1 Å². The van der Waals surface area contributed by atoms with Gasteiger partial charge >= 0.3 is 7.60 Å². The van der Waals surface area contributed by atoms with Crippen LogP contribution in [0.5, 0.6) is 0 Å². The van der Waals surface area contributed by atoms with Crippen LogP contribution in [0.3, 0.4) is 0 Å². The Hall–Kier alpha value is -0.720. The van der Waals surface area contributed by atoms with E-state index in [2.05, 4.69) is 0 Å². The van der Waals surface area contributed by atoms with Crippen LogP contribution in [0.1, 0.15) is 39.2 Å². The Bertz CT molecular complexity index is 616. The minimum absolute atomic E-state index is 0.0174. The minimum atomic E-state index is -4.05. The van der Waals surface area contributed by atoms with Crippen molar-refractivity contribution in [2.75, 3.05) is 13.2 Å². The Balaban J connectivity index is 3.10. The van der Waals surface area contributed by atoms with Crippen molar-refractivity contribution in [1.82, 2.24) is 0 Å². The maximum Gasteiger partial charge on any atom is 0.360 e. The molecule has 0 N–H and O–H groups in total. The lowest BCUT2D eigenvalue weighted by Gasteiger charge is -2.25. The number of benzene rings is 1. The molecule has 1 rings (SSSR count). The smallest absolute Gasteiger partial charge is 0.307 e. The maximum absolute atomic E-state index is 12.8. The minimum Gasteiger partial charge on any atom is -0.307 e. The molecule has 6 nitrogen and oxygen atoms in total. The van der Waals surface area contributed by atoms with Gasteiger partial charge in [-0.25, -0.2) is 0 Å². The molecule has 0 aliphatic rings.